The van der Waals surface area contributed by atoms with E-state index >= 15 is 0 Å². The van der Waals surface area contributed by atoms with Crippen molar-refractivity contribution in [3.05, 3.63) is 35.9 Å². The molecule has 20 heavy (non-hydrogen) atoms. The third-order valence-corrected chi connectivity index (χ3v) is 5.60. The Balaban J connectivity index is 2.07. The Labute approximate surface area is 120 Å². The monoisotopic (exact) mass is 268 g/mol. The maximum absolute atomic E-state index is 4.57. The Bertz CT molecular complexity index is 665. The van der Waals surface area contributed by atoms with Crippen molar-refractivity contribution >= 4 is 0 Å². The molecule has 0 aliphatic carbocycles. The summed E-state index contributed by atoms with van der Waals surface area (Å²) in [4.78, 5) is 4.57. The molecule has 2 aliphatic heterocycles. The van der Waals surface area contributed by atoms with Crippen LogP contribution in [0.4, 0.5) is 0 Å². The zero-order valence-corrected chi connectivity index (χ0v) is 12.4. The molecule has 2 aliphatic rings. The number of hydrogen-bond acceptors (Lipinski definition) is 1. The van der Waals surface area contributed by atoms with Crippen molar-refractivity contribution in [2.75, 3.05) is 0 Å². The third kappa shape index (κ3) is 1.41. The van der Waals surface area contributed by atoms with Crippen LogP contribution in [0, 0.1) is 0 Å². The van der Waals surface area contributed by atoms with E-state index in [1.54, 1.807) is 0 Å². The number of nitrogens with zero attached hydrogens (tertiary/aromatic N) is 3. The van der Waals surface area contributed by atoms with Crippen molar-refractivity contribution in [3.8, 4) is 11.4 Å². The summed E-state index contributed by atoms with van der Waals surface area (Å²) in [7, 11) is 0. The molecule has 0 radical (unpaired) electrons. The summed E-state index contributed by atoms with van der Waals surface area (Å²) < 4.78 is 4.88. The van der Waals surface area contributed by atoms with Gasteiger partial charge < -0.3 is 0 Å². The van der Waals surface area contributed by atoms with E-state index in [-0.39, 0.29) is 0 Å². The van der Waals surface area contributed by atoms with Crippen LogP contribution in [0.3, 0.4) is 0 Å². The lowest BCUT2D eigenvalue weighted by Gasteiger charge is -2.32. The van der Waals surface area contributed by atoms with E-state index in [4.69, 9.17) is 0 Å². The molecular formula is C17H22N3+. The first kappa shape index (κ1) is 12.1. The molecule has 0 atom stereocenters. The number of rotatable bonds is 2. The van der Waals surface area contributed by atoms with Gasteiger partial charge in [0.2, 0.25) is 0 Å². The smallest absolute Gasteiger partial charge is 0.264 e. The lowest BCUT2D eigenvalue weighted by molar-refractivity contribution is -0.686. The van der Waals surface area contributed by atoms with Crippen LogP contribution in [0.2, 0.25) is 0 Å². The molecule has 0 saturated heterocycles. The quantitative estimate of drug-likeness (QED) is 0.768. The first-order chi connectivity index (χ1) is 9.79. The zero-order chi connectivity index (χ0) is 13.7. The van der Waals surface area contributed by atoms with Gasteiger partial charge in [0.1, 0.15) is 12.4 Å². The maximum Gasteiger partial charge on any atom is 0.289 e. The van der Waals surface area contributed by atoms with Gasteiger partial charge >= 0.3 is 0 Å². The summed E-state index contributed by atoms with van der Waals surface area (Å²) >= 11 is 0. The summed E-state index contributed by atoms with van der Waals surface area (Å²) in [5.41, 5.74) is 4.71. The standard InChI is InChI=1S/C17H22N3/c1-3-17(4-2)6-8-20-10-9-19-7-5-13-11-18-12-14(17)15(13)16(19)20/h9-12H,3-8H2,1-2H3/q+1. The van der Waals surface area contributed by atoms with Gasteiger partial charge in [-0.3, -0.25) is 4.98 Å². The number of hydrogen-bond donors (Lipinski definition) is 0. The molecule has 0 unspecified atom stereocenters. The number of imidazole rings is 1. The van der Waals surface area contributed by atoms with Crippen LogP contribution in [-0.4, -0.2) is 9.55 Å². The van der Waals surface area contributed by atoms with E-state index in [0.717, 1.165) is 19.5 Å². The van der Waals surface area contributed by atoms with E-state index in [2.05, 4.69) is 52.8 Å². The topological polar surface area (TPSA) is 21.7 Å². The molecule has 2 aromatic heterocycles. The predicted octanol–water partition coefficient (Wildman–Crippen LogP) is 2.86. The van der Waals surface area contributed by atoms with Crippen molar-refractivity contribution in [2.24, 2.45) is 0 Å². The summed E-state index contributed by atoms with van der Waals surface area (Å²) in [5, 5.41) is 0. The second-order valence-electron chi connectivity index (χ2n) is 6.22. The van der Waals surface area contributed by atoms with Crippen molar-refractivity contribution in [1.82, 2.24) is 9.55 Å². The average Bonchev–Trinajstić information content (AvgIpc) is 2.86. The molecule has 0 saturated carbocycles. The molecule has 4 heterocycles. The second-order valence-corrected chi connectivity index (χ2v) is 6.22. The number of aromatic nitrogens is 3. The van der Waals surface area contributed by atoms with Crippen molar-refractivity contribution in [1.29, 1.82) is 0 Å². The van der Waals surface area contributed by atoms with Gasteiger partial charge in [-0.05, 0) is 30.4 Å². The van der Waals surface area contributed by atoms with Crippen LogP contribution in [0.15, 0.2) is 24.8 Å². The van der Waals surface area contributed by atoms with E-state index in [0.29, 0.717) is 5.41 Å². The summed E-state index contributed by atoms with van der Waals surface area (Å²) in [5.74, 6) is 1.41. The normalized spacial score (nSPS) is 18.5. The molecule has 0 aromatic carbocycles. The van der Waals surface area contributed by atoms with Gasteiger partial charge in [0.25, 0.3) is 5.82 Å². The van der Waals surface area contributed by atoms with Crippen molar-refractivity contribution in [2.45, 2.75) is 58.0 Å². The Morgan fingerprint density at radius 3 is 2.95 bits per heavy atom. The molecule has 3 heteroatoms. The number of pyridine rings is 1. The lowest BCUT2D eigenvalue weighted by atomic mass is 9.72. The van der Waals surface area contributed by atoms with Crippen molar-refractivity contribution < 1.29 is 4.57 Å². The van der Waals surface area contributed by atoms with Crippen LogP contribution in [0.5, 0.6) is 0 Å². The second kappa shape index (κ2) is 4.18. The maximum atomic E-state index is 4.57. The average molecular weight is 268 g/mol. The molecule has 2 aromatic rings. The van der Waals surface area contributed by atoms with Gasteiger partial charge in [-0.1, -0.05) is 13.8 Å². The van der Waals surface area contributed by atoms with Crippen molar-refractivity contribution in [3.63, 3.8) is 0 Å². The van der Waals surface area contributed by atoms with E-state index < -0.39 is 0 Å². The highest BCUT2D eigenvalue weighted by Crippen LogP contribution is 2.44. The molecule has 0 N–H and O–H groups in total. The zero-order valence-electron chi connectivity index (χ0n) is 12.4. The summed E-state index contributed by atoms with van der Waals surface area (Å²) in [6.07, 6.45) is 13.5. The van der Waals surface area contributed by atoms with Gasteiger partial charge in [0, 0.05) is 24.2 Å². The molecule has 3 nitrogen and oxygen atoms in total. The van der Waals surface area contributed by atoms with Gasteiger partial charge in [-0.15, -0.1) is 0 Å². The Kier molecular flexibility index (Phi) is 2.53. The van der Waals surface area contributed by atoms with Gasteiger partial charge in [-0.25, -0.2) is 9.13 Å². The largest absolute Gasteiger partial charge is 0.289 e. The minimum Gasteiger partial charge on any atom is -0.264 e. The Morgan fingerprint density at radius 1 is 1.30 bits per heavy atom. The van der Waals surface area contributed by atoms with Crippen LogP contribution >= 0.6 is 0 Å². The fourth-order valence-corrected chi connectivity index (χ4v) is 4.17. The predicted molar refractivity (Wildman–Crippen MR) is 78.4 cm³/mol. The highest BCUT2D eigenvalue weighted by molar-refractivity contribution is 5.66. The fourth-order valence-electron chi connectivity index (χ4n) is 4.17. The number of aryl methyl sites for hydroxylation is 3. The molecule has 0 fully saturated rings. The molecule has 0 spiro atoms. The highest BCUT2D eigenvalue weighted by Gasteiger charge is 2.40. The van der Waals surface area contributed by atoms with Gasteiger partial charge in [0.05, 0.1) is 18.7 Å². The minimum atomic E-state index is 0.298. The Morgan fingerprint density at radius 2 is 2.15 bits per heavy atom. The first-order valence-electron chi connectivity index (χ1n) is 7.85. The Hall–Kier alpha value is -1.64. The lowest BCUT2D eigenvalue weighted by Crippen LogP contribution is -2.36. The first-order valence-corrected chi connectivity index (χ1v) is 7.85. The fraction of sp³-hybridized carbons (Fsp3) is 0.529. The molecule has 4 rings (SSSR count). The summed E-state index contributed by atoms with van der Waals surface area (Å²) in [6.45, 7) is 6.88. The van der Waals surface area contributed by atoms with Crippen LogP contribution in [-0.2, 0) is 24.9 Å². The van der Waals surface area contributed by atoms with E-state index in [1.165, 1.54) is 41.8 Å². The van der Waals surface area contributed by atoms with Gasteiger partial charge in [-0.2, -0.15) is 0 Å². The van der Waals surface area contributed by atoms with Crippen LogP contribution in [0.1, 0.15) is 44.2 Å². The SMILES string of the molecule is CCC1(CC)CC[n+]2ccn3c2-c2c(cncc21)CC3. The van der Waals surface area contributed by atoms with Gasteiger partial charge in [0.15, 0.2) is 0 Å². The molecule has 104 valence electrons. The van der Waals surface area contributed by atoms with Crippen LogP contribution in [0.25, 0.3) is 11.4 Å². The van der Waals surface area contributed by atoms with Crippen LogP contribution < -0.4 is 4.57 Å². The molecule has 0 amide bonds. The van der Waals surface area contributed by atoms with E-state index in [1.807, 2.05) is 0 Å². The van der Waals surface area contributed by atoms with E-state index in [9.17, 15) is 0 Å². The molecule has 0 bridgehead atoms. The third-order valence-electron chi connectivity index (χ3n) is 5.60. The molecular weight excluding hydrogens is 246 g/mol. The summed E-state index contributed by atoms with van der Waals surface area (Å²) in [6, 6.07) is 0. The minimum absolute atomic E-state index is 0.298. The highest BCUT2D eigenvalue weighted by atomic mass is 15.2.